The van der Waals surface area contributed by atoms with Crippen LogP contribution >= 0.6 is 0 Å². The lowest BCUT2D eigenvalue weighted by Gasteiger charge is -2.44. The number of hydrogen-bond acceptors (Lipinski definition) is 12. The van der Waals surface area contributed by atoms with E-state index in [0.717, 1.165) is 13.8 Å². The molecule has 0 fully saturated rings. The predicted octanol–water partition coefficient (Wildman–Crippen LogP) is 2.80. The first-order valence-electron chi connectivity index (χ1n) is 16.6. The van der Waals surface area contributed by atoms with Gasteiger partial charge in [-0.05, 0) is 10.9 Å². The average Bonchev–Trinajstić information content (AvgIpc) is 3.11. The Hall–Kier alpha value is -5.40. The van der Waals surface area contributed by atoms with Crippen molar-refractivity contribution in [2.45, 2.75) is 51.7 Å². The summed E-state index contributed by atoms with van der Waals surface area (Å²) in [4.78, 5) is 66.1. The molecule has 0 radical (unpaired) electrons. The predicted molar refractivity (Wildman–Crippen MR) is 188 cm³/mol. The first kappa shape index (κ1) is 36.4. The Kier molecular flexibility index (Phi) is 10.5. The maximum Gasteiger partial charge on any atom is 0.491 e. The molecule has 0 unspecified atom stereocenters. The number of rotatable bonds is 11. The van der Waals surface area contributed by atoms with Gasteiger partial charge in [-0.25, -0.2) is 0 Å². The van der Waals surface area contributed by atoms with Crippen LogP contribution in [0.2, 0.25) is 0 Å². The molecule has 0 bridgehead atoms. The van der Waals surface area contributed by atoms with Gasteiger partial charge < -0.3 is 33.6 Å². The van der Waals surface area contributed by atoms with Crippen LogP contribution in [0.3, 0.4) is 0 Å². The normalized spacial score (nSPS) is 17.3. The zero-order chi connectivity index (χ0) is 37.2. The smallest absolute Gasteiger partial charge is 0.466 e. The Balaban J connectivity index is 1.64. The molecule has 4 aromatic carbocycles. The monoisotopic (exact) mass is 704 g/mol. The van der Waals surface area contributed by atoms with Gasteiger partial charge >= 0.3 is 32.1 Å². The lowest BCUT2D eigenvalue weighted by atomic mass is 9.69. The first-order chi connectivity index (χ1) is 24.9. The molecule has 14 heteroatoms. The van der Waals surface area contributed by atoms with Crippen molar-refractivity contribution >= 4 is 54.6 Å². The molecule has 4 aromatic rings. The van der Waals surface area contributed by atoms with E-state index in [-0.39, 0.29) is 70.7 Å². The number of ether oxygens (including phenoxy) is 3. The van der Waals surface area contributed by atoms with Crippen LogP contribution in [0.5, 0.6) is 11.5 Å². The van der Waals surface area contributed by atoms with Gasteiger partial charge in [0.1, 0.15) is 11.5 Å². The molecule has 2 aliphatic rings. The van der Waals surface area contributed by atoms with Gasteiger partial charge in [-0.1, -0.05) is 84.9 Å². The number of hydrogen-bond donors (Lipinski definition) is 2. The van der Waals surface area contributed by atoms with Crippen LogP contribution < -0.4 is 20.4 Å². The zero-order valence-electron chi connectivity index (χ0n) is 28.6. The summed E-state index contributed by atoms with van der Waals surface area (Å²) in [5.74, 6) is -4.15. The second-order valence-electron chi connectivity index (χ2n) is 12.6. The minimum atomic E-state index is -1.58. The molecule has 0 spiro atoms. The molecule has 0 aliphatic heterocycles. The molecule has 0 aromatic heterocycles. The third kappa shape index (κ3) is 7.32. The van der Waals surface area contributed by atoms with Gasteiger partial charge in [-0.3, -0.25) is 24.0 Å². The quantitative estimate of drug-likeness (QED) is 0.117. The van der Waals surface area contributed by atoms with Gasteiger partial charge in [0.05, 0.1) is 29.4 Å². The maximum absolute atomic E-state index is 14.3. The molecule has 0 amide bonds. The summed E-state index contributed by atoms with van der Waals surface area (Å²) >= 11 is 0. The summed E-state index contributed by atoms with van der Waals surface area (Å²) in [6, 6.07) is 23.0. The fourth-order valence-electron chi connectivity index (χ4n) is 6.82. The van der Waals surface area contributed by atoms with E-state index in [2.05, 4.69) is 0 Å². The van der Waals surface area contributed by atoms with Crippen molar-refractivity contribution in [2.24, 2.45) is 0 Å². The van der Waals surface area contributed by atoms with Crippen molar-refractivity contribution in [2.75, 3.05) is 6.61 Å². The van der Waals surface area contributed by atoms with E-state index in [9.17, 15) is 34.0 Å². The van der Waals surface area contributed by atoms with E-state index in [1.165, 1.54) is 19.1 Å². The van der Waals surface area contributed by atoms with Crippen LogP contribution in [0.4, 0.5) is 0 Å². The van der Waals surface area contributed by atoms with E-state index in [1.807, 2.05) is 0 Å². The lowest BCUT2D eigenvalue weighted by molar-refractivity contribution is -0.142. The van der Waals surface area contributed by atoms with Gasteiger partial charge in [-0.2, -0.15) is 0 Å². The SMILES string of the molecule is CC(=O)OCC[C@]1(OB(O)c2ccccc2)Cc2c(OC(C)=O)c3c(c(OC(C)=O)c2[C@@H](OB(O)c2ccccc2)C1)C(=O)c1ccccc1C3=O. The number of esters is 3. The van der Waals surface area contributed by atoms with Crippen LogP contribution in [-0.2, 0) is 34.9 Å². The molecule has 6 rings (SSSR count). The van der Waals surface area contributed by atoms with Gasteiger partial charge in [0, 0.05) is 62.3 Å². The summed E-state index contributed by atoms with van der Waals surface area (Å²) in [6.45, 7) is 3.31. The summed E-state index contributed by atoms with van der Waals surface area (Å²) in [5.41, 5.74) is -1.14. The maximum atomic E-state index is 14.3. The third-order valence-electron chi connectivity index (χ3n) is 8.98. The van der Waals surface area contributed by atoms with Crippen LogP contribution in [0.25, 0.3) is 0 Å². The van der Waals surface area contributed by atoms with E-state index in [0.29, 0.717) is 10.9 Å². The summed E-state index contributed by atoms with van der Waals surface area (Å²) in [7, 11) is -3.11. The van der Waals surface area contributed by atoms with Gasteiger partial charge in [0.15, 0.2) is 11.6 Å². The van der Waals surface area contributed by atoms with E-state index >= 15 is 0 Å². The van der Waals surface area contributed by atoms with Crippen LogP contribution in [-0.4, -0.2) is 66.0 Å². The molecule has 2 atom stereocenters. The van der Waals surface area contributed by atoms with E-state index < -0.39 is 55.4 Å². The average molecular weight is 704 g/mol. The van der Waals surface area contributed by atoms with Crippen molar-refractivity contribution < 1.29 is 57.5 Å². The van der Waals surface area contributed by atoms with Crippen LogP contribution in [0.1, 0.15) is 82.7 Å². The second-order valence-corrected chi connectivity index (χ2v) is 12.6. The summed E-state index contributed by atoms with van der Waals surface area (Å²) in [5, 5.41) is 22.9. The Labute approximate surface area is 299 Å². The molecule has 264 valence electrons. The topological polar surface area (TPSA) is 172 Å². The fraction of sp³-hybridized carbons (Fsp3) is 0.237. The van der Waals surface area contributed by atoms with Crippen molar-refractivity contribution in [1.82, 2.24) is 0 Å². The number of carbonyl (C=O) groups is 5. The molecule has 0 saturated carbocycles. The second kappa shape index (κ2) is 15.1. The molecule has 12 nitrogen and oxygen atoms in total. The van der Waals surface area contributed by atoms with Gasteiger partial charge in [-0.15, -0.1) is 0 Å². The van der Waals surface area contributed by atoms with Gasteiger partial charge in [0.25, 0.3) is 0 Å². The summed E-state index contributed by atoms with van der Waals surface area (Å²) < 4.78 is 29.7. The van der Waals surface area contributed by atoms with E-state index in [1.54, 1.807) is 72.8 Å². The van der Waals surface area contributed by atoms with Crippen molar-refractivity contribution in [3.8, 4) is 11.5 Å². The highest BCUT2D eigenvalue weighted by Gasteiger charge is 2.50. The largest absolute Gasteiger partial charge is 0.491 e. The lowest BCUT2D eigenvalue weighted by Crippen LogP contribution is -2.51. The first-order valence-corrected chi connectivity index (χ1v) is 16.6. The Morgan fingerprint density at radius 3 is 1.75 bits per heavy atom. The number of fused-ring (bicyclic) bond motifs is 3. The minimum Gasteiger partial charge on any atom is -0.466 e. The van der Waals surface area contributed by atoms with E-state index in [4.69, 9.17) is 23.5 Å². The molecule has 2 aliphatic carbocycles. The minimum absolute atomic E-state index is 0.0436. The Morgan fingerprint density at radius 1 is 0.712 bits per heavy atom. The molecule has 52 heavy (non-hydrogen) atoms. The number of benzene rings is 4. The Bertz CT molecular complexity index is 2050. The highest BCUT2D eigenvalue weighted by molar-refractivity contribution is 6.60. The fourth-order valence-corrected chi connectivity index (χ4v) is 6.82. The van der Waals surface area contributed by atoms with Crippen molar-refractivity contribution in [3.63, 3.8) is 0 Å². The van der Waals surface area contributed by atoms with Crippen LogP contribution in [0.15, 0.2) is 84.9 Å². The summed E-state index contributed by atoms with van der Waals surface area (Å²) in [6.07, 6.45) is -1.73. The number of ketones is 2. The molecule has 0 saturated heterocycles. The standard InChI is InChI=1S/C38H34B2O12/c1-22(41)48-19-18-38(52-40(47)26-14-8-5-9-15-26)20-29-31(30(21-38)51-39(46)25-12-6-4-7-13-25)37(50-24(3)43)33-32(36(29)49-23(2)42)34(44)27-16-10-11-17-28(27)35(33)45/h4-17,30,46-47H,18-21H2,1-3H3/t30-,38-/m0/s1. The molecule has 0 heterocycles. The zero-order valence-corrected chi connectivity index (χ0v) is 28.6. The molecular formula is C38H34B2O12. The Morgan fingerprint density at radius 2 is 1.21 bits per heavy atom. The van der Waals surface area contributed by atoms with Crippen molar-refractivity contribution in [3.05, 3.63) is 118 Å². The highest BCUT2D eigenvalue weighted by Crippen LogP contribution is 2.53. The third-order valence-corrected chi connectivity index (χ3v) is 8.98. The van der Waals surface area contributed by atoms with Crippen LogP contribution in [0, 0.1) is 0 Å². The molecule has 2 N–H and O–H groups in total. The van der Waals surface area contributed by atoms with Gasteiger partial charge in [0.2, 0.25) is 0 Å². The highest BCUT2D eigenvalue weighted by atomic mass is 16.6. The number of carbonyl (C=O) groups excluding carboxylic acids is 5. The van der Waals surface area contributed by atoms with Crippen molar-refractivity contribution in [1.29, 1.82) is 0 Å². The molecular weight excluding hydrogens is 670 g/mol.